The predicted octanol–water partition coefficient (Wildman–Crippen LogP) is 0.341. The van der Waals surface area contributed by atoms with Crippen molar-refractivity contribution in [3.63, 3.8) is 0 Å². The molecule has 6 nitrogen and oxygen atoms in total. The Balaban J connectivity index is 2.82. The average molecular weight is 248 g/mol. The Bertz CT molecular complexity index is 621. The highest BCUT2D eigenvalue weighted by molar-refractivity contribution is 5.72. The van der Waals surface area contributed by atoms with Gasteiger partial charge in [0.25, 0.3) is 11.2 Å². The van der Waals surface area contributed by atoms with Gasteiger partial charge in [0.15, 0.2) is 0 Å². The number of hydrogen-bond acceptors (Lipinski definition) is 4. The minimum Gasteiger partial charge on any atom is -0.805 e. The maximum Gasteiger partial charge on any atom is 0.286 e. The van der Waals surface area contributed by atoms with E-state index in [1.807, 2.05) is 0 Å². The Hall–Kier alpha value is -1.92. The molecule has 0 atom stereocenters. The Kier molecular flexibility index (Phi) is 3.59. The fourth-order valence-corrected chi connectivity index (χ4v) is 2.02. The second-order valence-corrected chi connectivity index (χ2v) is 4.03. The first-order valence-corrected chi connectivity index (χ1v) is 5.75. The topological polar surface area (TPSA) is 75.0 Å². The number of hydrogen-bond donors (Lipinski definition) is 2. The molecule has 18 heavy (non-hydrogen) atoms. The fourth-order valence-electron chi connectivity index (χ4n) is 2.02. The van der Waals surface area contributed by atoms with Crippen molar-refractivity contribution in [1.82, 2.24) is 15.4 Å². The van der Waals surface area contributed by atoms with Crippen LogP contribution in [-0.4, -0.2) is 18.8 Å². The molecule has 0 aliphatic carbocycles. The van der Waals surface area contributed by atoms with Crippen molar-refractivity contribution >= 4 is 11.0 Å². The monoisotopic (exact) mass is 248 g/mol. The minimum absolute atomic E-state index is 0.355. The summed E-state index contributed by atoms with van der Waals surface area (Å²) in [6.45, 7) is 0.709. The van der Waals surface area contributed by atoms with E-state index in [1.54, 1.807) is 38.4 Å². The van der Waals surface area contributed by atoms with E-state index in [9.17, 15) is 10.1 Å². The van der Waals surface area contributed by atoms with Crippen LogP contribution < -0.4 is 15.1 Å². The molecule has 0 fully saturated rings. The second kappa shape index (κ2) is 5.16. The molecule has 1 aromatic carbocycles. The van der Waals surface area contributed by atoms with Crippen molar-refractivity contribution in [3.05, 3.63) is 45.8 Å². The molecule has 0 bridgehead atoms. The third kappa shape index (κ3) is 1.96. The van der Waals surface area contributed by atoms with E-state index in [4.69, 9.17) is 0 Å². The summed E-state index contributed by atoms with van der Waals surface area (Å²) >= 11 is 0. The van der Waals surface area contributed by atoms with Gasteiger partial charge in [-0.15, -0.1) is 0 Å². The lowest BCUT2D eigenvalue weighted by molar-refractivity contribution is -0.476. The van der Waals surface area contributed by atoms with E-state index in [0.717, 1.165) is 9.16 Å². The Labute approximate surface area is 104 Å². The average Bonchev–Trinajstić information content (AvgIpc) is 2.40. The second-order valence-electron chi connectivity index (χ2n) is 4.03. The lowest BCUT2D eigenvalue weighted by Crippen LogP contribution is -2.32. The van der Waals surface area contributed by atoms with Gasteiger partial charge >= 0.3 is 0 Å². The quantitative estimate of drug-likeness (QED) is 0.765. The molecular formula is C12H16N4O2. The summed E-state index contributed by atoms with van der Waals surface area (Å²) in [5.74, 6) is 0. The van der Waals surface area contributed by atoms with Crippen molar-refractivity contribution in [2.75, 3.05) is 14.1 Å². The van der Waals surface area contributed by atoms with Crippen LogP contribution in [0.25, 0.3) is 11.0 Å². The standard InChI is InChI=1S/C12H16N4O2/c1-13-7-11-12(8-14-2)16(18)10-6-4-3-5-9(10)15(11)17/h3-6,13-14H,7-8H2,1-2H3. The molecule has 0 amide bonds. The Morgan fingerprint density at radius 3 is 2.56 bits per heavy atom. The van der Waals surface area contributed by atoms with Crippen molar-refractivity contribution in [3.8, 4) is 0 Å². The first-order valence-electron chi connectivity index (χ1n) is 5.75. The molecule has 0 unspecified atom stereocenters. The van der Waals surface area contributed by atoms with E-state index >= 15 is 0 Å². The van der Waals surface area contributed by atoms with Crippen LogP contribution in [0.3, 0.4) is 0 Å². The SMILES string of the molecule is CNCc1c(CNC)[n+](=O)c2ccccc2n1[O-]. The fraction of sp³-hybridized carbons (Fsp3) is 0.333. The van der Waals surface area contributed by atoms with E-state index in [0.29, 0.717) is 35.5 Å². The third-order valence-corrected chi connectivity index (χ3v) is 2.83. The summed E-state index contributed by atoms with van der Waals surface area (Å²) in [5, 5.41) is 18.1. The normalized spacial score (nSPS) is 11.0. The van der Waals surface area contributed by atoms with Crippen LogP contribution in [0.4, 0.5) is 0 Å². The smallest absolute Gasteiger partial charge is 0.286 e. The Morgan fingerprint density at radius 1 is 1.22 bits per heavy atom. The zero-order valence-electron chi connectivity index (χ0n) is 10.4. The van der Waals surface area contributed by atoms with Crippen LogP contribution >= 0.6 is 0 Å². The van der Waals surface area contributed by atoms with Crippen LogP contribution in [0.15, 0.2) is 24.3 Å². The highest BCUT2D eigenvalue weighted by Gasteiger charge is 2.20. The Morgan fingerprint density at radius 2 is 1.89 bits per heavy atom. The molecule has 0 aliphatic heterocycles. The summed E-state index contributed by atoms with van der Waals surface area (Å²) in [5.41, 5.74) is 1.66. The van der Waals surface area contributed by atoms with Gasteiger partial charge in [-0.05, 0) is 20.2 Å². The van der Waals surface area contributed by atoms with Crippen LogP contribution in [0, 0.1) is 10.1 Å². The molecule has 2 aromatic rings. The highest BCUT2D eigenvalue weighted by atomic mass is 16.5. The van der Waals surface area contributed by atoms with Gasteiger partial charge in [-0.25, -0.2) is 0 Å². The van der Waals surface area contributed by atoms with Gasteiger partial charge in [0.2, 0.25) is 0 Å². The molecule has 96 valence electrons. The summed E-state index contributed by atoms with van der Waals surface area (Å²) in [6.07, 6.45) is 0. The van der Waals surface area contributed by atoms with Gasteiger partial charge in [-0.2, -0.15) is 0 Å². The first-order chi connectivity index (χ1) is 8.70. The number of benzene rings is 1. The zero-order chi connectivity index (χ0) is 13.1. The summed E-state index contributed by atoms with van der Waals surface area (Å²) in [6, 6.07) is 6.80. The van der Waals surface area contributed by atoms with E-state index in [-0.39, 0.29) is 0 Å². The lowest BCUT2D eigenvalue weighted by atomic mass is 10.2. The number of aromatic nitrogens is 2. The minimum atomic E-state index is 0.355. The molecule has 0 aliphatic rings. The van der Waals surface area contributed by atoms with Gasteiger partial charge in [0, 0.05) is 17.5 Å². The van der Waals surface area contributed by atoms with E-state index in [2.05, 4.69) is 10.6 Å². The summed E-state index contributed by atoms with van der Waals surface area (Å²) < 4.78 is 1.65. The molecule has 0 saturated heterocycles. The van der Waals surface area contributed by atoms with Crippen molar-refractivity contribution in [1.29, 1.82) is 0 Å². The molecule has 6 heteroatoms. The number of nitrogens with one attached hydrogen (secondary N) is 2. The molecule has 0 saturated carbocycles. The predicted molar refractivity (Wildman–Crippen MR) is 69.6 cm³/mol. The van der Waals surface area contributed by atoms with Gasteiger partial charge in [0.1, 0.15) is 11.2 Å². The van der Waals surface area contributed by atoms with E-state index in [1.165, 1.54) is 0 Å². The molecule has 1 aromatic heterocycles. The maximum absolute atomic E-state index is 12.3. The van der Waals surface area contributed by atoms with Crippen molar-refractivity contribution < 1.29 is 4.43 Å². The van der Waals surface area contributed by atoms with Gasteiger partial charge in [-0.1, -0.05) is 12.1 Å². The third-order valence-electron chi connectivity index (χ3n) is 2.83. The first kappa shape index (κ1) is 12.5. The largest absolute Gasteiger partial charge is 0.805 e. The highest BCUT2D eigenvalue weighted by Crippen LogP contribution is 2.14. The molecule has 2 N–H and O–H groups in total. The summed E-state index contributed by atoms with van der Waals surface area (Å²) in [7, 11) is 3.49. The van der Waals surface area contributed by atoms with Crippen LogP contribution in [0.1, 0.15) is 11.4 Å². The maximum atomic E-state index is 12.3. The van der Waals surface area contributed by atoms with Gasteiger partial charge in [0.05, 0.1) is 11.0 Å². The van der Waals surface area contributed by atoms with Crippen LogP contribution in [-0.2, 0) is 13.1 Å². The number of nitrogens with zero attached hydrogens (tertiary/aromatic N) is 2. The zero-order valence-corrected chi connectivity index (χ0v) is 10.4. The molecule has 0 radical (unpaired) electrons. The molecule has 1 heterocycles. The summed E-state index contributed by atoms with van der Waals surface area (Å²) in [4.78, 5) is 12.3. The van der Waals surface area contributed by atoms with Crippen molar-refractivity contribution in [2.24, 2.45) is 0 Å². The number of rotatable bonds is 4. The number of para-hydroxylation sites is 2. The molecular weight excluding hydrogens is 232 g/mol. The lowest BCUT2D eigenvalue weighted by Gasteiger charge is -2.18. The van der Waals surface area contributed by atoms with Gasteiger partial charge in [-0.3, -0.25) is 0 Å². The van der Waals surface area contributed by atoms with E-state index < -0.39 is 0 Å². The van der Waals surface area contributed by atoms with Crippen LogP contribution in [0.2, 0.25) is 0 Å². The van der Waals surface area contributed by atoms with Crippen molar-refractivity contribution in [2.45, 2.75) is 13.1 Å². The molecule has 2 rings (SSSR count). The molecule has 0 spiro atoms. The van der Waals surface area contributed by atoms with Gasteiger partial charge < -0.3 is 20.6 Å². The van der Waals surface area contributed by atoms with Crippen LogP contribution in [0.5, 0.6) is 0 Å². The number of fused-ring (bicyclic) bond motifs is 1.